The monoisotopic (exact) mass is 245 g/mol. The van der Waals surface area contributed by atoms with Gasteiger partial charge >= 0.3 is 0 Å². The summed E-state index contributed by atoms with van der Waals surface area (Å²) in [7, 11) is 1.90. The molecular formula is C14H19N3O. The fourth-order valence-corrected chi connectivity index (χ4v) is 1.86. The summed E-state index contributed by atoms with van der Waals surface area (Å²) >= 11 is 0. The molecule has 0 unspecified atom stereocenters. The van der Waals surface area contributed by atoms with Crippen LogP contribution in [0, 0.1) is 0 Å². The van der Waals surface area contributed by atoms with Gasteiger partial charge in [-0.1, -0.05) is 0 Å². The molecule has 0 radical (unpaired) electrons. The van der Waals surface area contributed by atoms with Crippen LogP contribution in [0.5, 0.6) is 5.75 Å². The van der Waals surface area contributed by atoms with Gasteiger partial charge in [0.2, 0.25) is 0 Å². The summed E-state index contributed by atoms with van der Waals surface area (Å²) in [4.78, 5) is 0. The Labute approximate surface area is 107 Å². The molecule has 18 heavy (non-hydrogen) atoms. The molecule has 1 aromatic carbocycles. The average molecular weight is 245 g/mol. The second-order valence-corrected chi connectivity index (χ2v) is 4.64. The zero-order valence-corrected chi connectivity index (χ0v) is 11.1. The van der Waals surface area contributed by atoms with Crippen LogP contribution < -0.4 is 10.5 Å². The molecule has 1 aromatic heterocycles. The highest BCUT2D eigenvalue weighted by Gasteiger charge is 2.06. The smallest absolute Gasteiger partial charge is 0.120 e. The van der Waals surface area contributed by atoms with Crippen molar-refractivity contribution in [2.75, 3.05) is 0 Å². The van der Waals surface area contributed by atoms with E-state index >= 15 is 0 Å². The van der Waals surface area contributed by atoms with Crippen LogP contribution in [0.2, 0.25) is 0 Å². The summed E-state index contributed by atoms with van der Waals surface area (Å²) in [6, 6.07) is 6.08. The molecular weight excluding hydrogens is 226 g/mol. The Kier molecular flexibility index (Phi) is 3.67. The number of hydrogen-bond donors (Lipinski definition) is 1. The van der Waals surface area contributed by atoms with Gasteiger partial charge in [-0.25, -0.2) is 0 Å². The van der Waals surface area contributed by atoms with Gasteiger partial charge in [-0.3, -0.25) is 4.68 Å². The maximum Gasteiger partial charge on any atom is 0.120 e. The number of aryl methyl sites for hydroxylation is 1. The maximum absolute atomic E-state index is 5.74. The summed E-state index contributed by atoms with van der Waals surface area (Å²) in [5, 5.41) is 4.18. The van der Waals surface area contributed by atoms with Crippen LogP contribution in [-0.2, 0) is 13.6 Å². The summed E-state index contributed by atoms with van der Waals surface area (Å²) in [6.07, 6.45) is 3.98. The Bertz CT molecular complexity index is 532. The predicted molar refractivity (Wildman–Crippen MR) is 72.3 cm³/mol. The Balaban J connectivity index is 2.40. The minimum Gasteiger partial charge on any atom is -0.491 e. The van der Waals surface area contributed by atoms with E-state index in [1.807, 2.05) is 45.4 Å². The minimum absolute atomic E-state index is 0.153. The predicted octanol–water partition coefficient (Wildman–Crippen LogP) is 2.33. The summed E-state index contributed by atoms with van der Waals surface area (Å²) in [5.74, 6) is 0.854. The van der Waals surface area contributed by atoms with Gasteiger partial charge in [0.05, 0.1) is 12.3 Å². The lowest BCUT2D eigenvalue weighted by atomic mass is 10.1. The molecule has 0 saturated carbocycles. The van der Waals surface area contributed by atoms with Crippen LogP contribution >= 0.6 is 0 Å². The van der Waals surface area contributed by atoms with Crippen molar-refractivity contribution in [3.05, 3.63) is 36.2 Å². The lowest BCUT2D eigenvalue weighted by molar-refractivity contribution is 0.242. The van der Waals surface area contributed by atoms with Gasteiger partial charge in [0.15, 0.2) is 0 Å². The third-order valence-corrected chi connectivity index (χ3v) is 2.61. The molecule has 4 heteroatoms. The fraction of sp³-hybridized carbons (Fsp3) is 0.357. The molecule has 2 rings (SSSR count). The van der Waals surface area contributed by atoms with Gasteiger partial charge < -0.3 is 10.5 Å². The van der Waals surface area contributed by atoms with E-state index in [1.54, 1.807) is 4.68 Å². The van der Waals surface area contributed by atoms with Gasteiger partial charge in [-0.15, -0.1) is 0 Å². The summed E-state index contributed by atoms with van der Waals surface area (Å²) in [5.41, 5.74) is 8.94. The van der Waals surface area contributed by atoms with Crippen LogP contribution in [0.3, 0.4) is 0 Å². The number of nitrogens with zero attached hydrogens (tertiary/aromatic N) is 2. The minimum atomic E-state index is 0.153. The molecule has 0 spiro atoms. The lowest BCUT2D eigenvalue weighted by Crippen LogP contribution is -2.06. The van der Waals surface area contributed by atoms with Crippen molar-refractivity contribution < 1.29 is 4.74 Å². The van der Waals surface area contributed by atoms with Crippen molar-refractivity contribution in [3.63, 3.8) is 0 Å². The molecule has 0 amide bonds. The number of ether oxygens (including phenoxy) is 1. The molecule has 4 nitrogen and oxygen atoms in total. The van der Waals surface area contributed by atoms with Gasteiger partial charge in [0, 0.05) is 25.4 Å². The van der Waals surface area contributed by atoms with E-state index in [2.05, 4.69) is 11.2 Å². The quantitative estimate of drug-likeness (QED) is 0.899. The van der Waals surface area contributed by atoms with Crippen molar-refractivity contribution in [1.29, 1.82) is 0 Å². The van der Waals surface area contributed by atoms with E-state index in [-0.39, 0.29) is 6.10 Å². The number of rotatable bonds is 4. The van der Waals surface area contributed by atoms with Crippen molar-refractivity contribution in [2.24, 2.45) is 12.8 Å². The maximum atomic E-state index is 5.74. The lowest BCUT2D eigenvalue weighted by Gasteiger charge is -2.12. The molecule has 0 fully saturated rings. The second-order valence-electron chi connectivity index (χ2n) is 4.64. The standard InChI is InChI=1S/C14H19N3O/c1-10(2)18-14-5-11(7-15)4-12(6-14)13-8-16-17(3)9-13/h4-6,8-10H,7,15H2,1-3H3. The molecule has 0 aliphatic heterocycles. The summed E-state index contributed by atoms with van der Waals surface area (Å²) in [6.45, 7) is 4.53. The molecule has 96 valence electrons. The van der Waals surface area contributed by atoms with E-state index in [0.29, 0.717) is 6.54 Å². The van der Waals surface area contributed by atoms with Crippen molar-refractivity contribution >= 4 is 0 Å². The van der Waals surface area contributed by atoms with E-state index in [1.165, 1.54) is 0 Å². The van der Waals surface area contributed by atoms with Crippen molar-refractivity contribution in [2.45, 2.75) is 26.5 Å². The number of hydrogen-bond acceptors (Lipinski definition) is 3. The molecule has 0 aliphatic carbocycles. The largest absolute Gasteiger partial charge is 0.491 e. The molecule has 0 atom stereocenters. The van der Waals surface area contributed by atoms with Gasteiger partial charge in [0.25, 0.3) is 0 Å². The fourth-order valence-electron chi connectivity index (χ4n) is 1.86. The molecule has 0 bridgehead atoms. The van der Waals surface area contributed by atoms with Crippen LogP contribution in [0.15, 0.2) is 30.6 Å². The number of nitrogens with two attached hydrogens (primary N) is 1. The SMILES string of the molecule is CC(C)Oc1cc(CN)cc(-c2cnn(C)c2)c1. The molecule has 2 aromatic rings. The summed E-state index contributed by atoms with van der Waals surface area (Å²) < 4.78 is 7.53. The first-order valence-electron chi connectivity index (χ1n) is 6.08. The number of aromatic nitrogens is 2. The molecule has 0 aliphatic rings. The zero-order chi connectivity index (χ0) is 13.1. The highest BCUT2D eigenvalue weighted by molar-refractivity contribution is 5.64. The molecule has 2 N–H and O–H groups in total. The first kappa shape index (κ1) is 12.6. The van der Waals surface area contributed by atoms with Crippen molar-refractivity contribution in [3.8, 4) is 16.9 Å². The van der Waals surface area contributed by atoms with E-state index in [9.17, 15) is 0 Å². The first-order valence-corrected chi connectivity index (χ1v) is 6.08. The highest BCUT2D eigenvalue weighted by Crippen LogP contribution is 2.26. The normalized spacial score (nSPS) is 10.9. The Hall–Kier alpha value is -1.81. The zero-order valence-electron chi connectivity index (χ0n) is 11.1. The third kappa shape index (κ3) is 2.90. The van der Waals surface area contributed by atoms with Crippen LogP contribution in [0.1, 0.15) is 19.4 Å². The van der Waals surface area contributed by atoms with E-state index in [4.69, 9.17) is 10.5 Å². The molecule has 0 saturated heterocycles. The van der Waals surface area contributed by atoms with Crippen LogP contribution in [0.4, 0.5) is 0 Å². The van der Waals surface area contributed by atoms with Crippen LogP contribution in [0.25, 0.3) is 11.1 Å². The first-order chi connectivity index (χ1) is 8.58. The number of benzene rings is 1. The average Bonchev–Trinajstić information content (AvgIpc) is 2.74. The highest BCUT2D eigenvalue weighted by atomic mass is 16.5. The van der Waals surface area contributed by atoms with Gasteiger partial charge in [-0.2, -0.15) is 5.10 Å². The topological polar surface area (TPSA) is 53.1 Å². The third-order valence-electron chi connectivity index (χ3n) is 2.61. The van der Waals surface area contributed by atoms with Crippen molar-refractivity contribution in [1.82, 2.24) is 9.78 Å². The second kappa shape index (κ2) is 5.23. The van der Waals surface area contributed by atoms with E-state index in [0.717, 1.165) is 22.4 Å². The van der Waals surface area contributed by atoms with Crippen LogP contribution in [-0.4, -0.2) is 15.9 Å². The van der Waals surface area contributed by atoms with E-state index < -0.39 is 0 Å². The Morgan fingerprint density at radius 3 is 2.61 bits per heavy atom. The molecule has 1 heterocycles. The van der Waals surface area contributed by atoms with Gasteiger partial charge in [0.1, 0.15) is 5.75 Å². The Morgan fingerprint density at radius 1 is 1.28 bits per heavy atom. The van der Waals surface area contributed by atoms with Gasteiger partial charge in [-0.05, 0) is 43.2 Å². The Morgan fingerprint density at radius 2 is 2.06 bits per heavy atom.